The van der Waals surface area contributed by atoms with Crippen LogP contribution in [0.1, 0.15) is 30.7 Å². The van der Waals surface area contributed by atoms with E-state index in [1.807, 2.05) is 6.92 Å². The van der Waals surface area contributed by atoms with Crippen LogP contribution in [0.2, 0.25) is 0 Å². The zero-order valence-corrected chi connectivity index (χ0v) is 11.0. The number of methoxy groups -OCH3 is 1. The van der Waals surface area contributed by atoms with Gasteiger partial charge in [0.15, 0.2) is 0 Å². The van der Waals surface area contributed by atoms with Crippen molar-refractivity contribution in [3.8, 4) is 5.75 Å². The highest BCUT2D eigenvalue weighted by Crippen LogP contribution is 2.38. The SMILES string of the molecule is COc1cc(F)c(C(Cl)C2CCC(C)O2)c(F)c1. The Bertz CT molecular complexity index is 416. The molecule has 1 fully saturated rings. The highest BCUT2D eigenvalue weighted by Gasteiger charge is 2.33. The van der Waals surface area contributed by atoms with Crippen LogP contribution in [0.5, 0.6) is 5.75 Å². The van der Waals surface area contributed by atoms with Gasteiger partial charge in [-0.25, -0.2) is 8.78 Å². The van der Waals surface area contributed by atoms with E-state index in [1.54, 1.807) is 0 Å². The smallest absolute Gasteiger partial charge is 0.134 e. The molecule has 2 rings (SSSR count). The van der Waals surface area contributed by atoms with Gasteiger partial charge in [0.2, 0.25) is 0 Å². The lowest BCUT2D eigenvalue weighted by atomic mass is 10.0. The number of benzene rings is 1. The van der Waals surface area contributed by atoms with Gasteiger partial charge in [0.1, 0.15) is 17.4 Å². The van der Waals surface area contributed by atoms with Crippen LogP contribution in [0.3, 0.4) is 0 Å². The molecule has 0 aliphatic carbocycles. The highest BCUT2D eigenvalue weighted by molar-refractivity contribution is 6.21. The van der Waals surface area contributed by atoms with E-state index >= 15 is 0 Å². The zero-order chi connectivity index (χ0) is 13.3. The predicted octanol–water partition coefficient (Wildman–Crippen LogP) is 3.82. The van der Waals surface area contributed by atoms with Crippen LogP contribution in [-0.2, 0) is 4.74 Å². The third kappa shape index (κ3) is 2.59. The summed E-state index contributed by atoms with van der Waals surface area (Å²) in [4.78, 5) is 0. The van der Waals surface area contributed by atoms with Crippen molar-refractivity contribution in [1.82, 2.24) is 0 Å². The lowest BCUT2D eigenvalue weighted by molar-refractivity contribution is 0.0522. The molecular weight excluding hydrogens is 262 g/mol. The van der Waals surface area contributed by atoms with E-state index in [0.717, 1.165) is 18.6 Å². The van der Waals surface area contributed by atoms with Gasteiger partial charge in [-0.1, -0.05) is 0 Å². The van der Waals surface area contributed by atoms with Crippen molar-refractivity contribution >= 4 is 11.6 Å². The van der Waals surface area contributed by atoms with Crippen LogP contribution in [0.25, 0.3) is 0 Å². The molecule has 100 valence electrons. The number of rotatable bonds is 3. The average molecular weight is 277 g/mol. The fraction of sp³-hybridized carbons (Fsp3) is 0.538. The summed E-state index contributed by atoms with van der Waals surface area (Å²) < 4.78 is 38.0. The quantitative estimate of drug-likeness (QED) is 0.782. The molecule has 0 radical (unpaired) electrons. The Labute approximate surface area is 110 Å². The van der Waals surface area contributed by atoms with Crippen molar-refractivity contribution in [2.24, 2.45) is 0 Å². The van der Waals surface area contributed by atoms with E-state index in [4.69, 9.17) is 21.1 Å². The van der Waals surface area contributed by atoms with Gasteiger partial charge < -0.3 is 9.47 Å². The fourth-order valence-electron chi connectivity index (χ4n) is 2.18. The first-order chi connectivity index (χ1) is 8.52. The molecule has 1 saturated heterocycles. The van der Waals surface area contributed by atoms with E-state index in [0.29, 0.717) is 6.42 Å². The van der Waals surface area contributed by atoms with Gasteiger partial charge in [-0.15, -0.1) is 11.6 Å². The van der Waals surface area contributed by atoms with Crippen LogP contribution in [-0.4, -0.2) is 19.3 Å². The number of halogens is 3. The molecule has 3 unspecified atom stereocenters. The molecule has 2 nitrogen and oxygen atoms in total. The molecule has 1 aliphatic rings. The molecule has 0 N–H and O–H groups in total. The van der Waals surface area contributed by atoms with Crippen molar-refractivity contribution in [3.63, 3.8) is 0 Å². The van der Waals surface area contributed by atoms with Crippen LogP contribution < -0.4 is 4.74 Å². The molecule has 3 atom stereocenters. The monoisotopic (exact) mass is 276 g/mol. The molecule has 1 aromatic rings. The molecule has 1 aliphatic heterocycles. The molecule has 1 aromatic carbocycles. The van der Waals surface area contributed by atoms with Gasteiger partial charge in [-0.05, 0) is 19.8 Å². The first-order valence-electron chi connectivity index (χ1n) is 5.85. The lowest BCUT2D eigenvalue weighted by Crippen LogP contribution is -2.17. The van der Waals surface area contributed by atoms with Gasteiger partial charge in [0.25, 0.3) is 0 Å². The van der Waals surface area contributed by atoms with E-state index < -0.39 is 17.0 Å². The second-order valence-corrected chi connectivity index (χ2v) is 4.94. The lowest BCUT2D eigenvalue weighted by Gasteiger charge is -2.19. The molecule has 0 saturated carbocycles. The Kier molecular flexibility index (Phi) is 4.07. The number of hydrogen-bond donors (Lipinski definition) is 0. The van der Waals surface area contributed by atoms with Gasteiger partial charge >= 0.3 is 0 Å². The first kappa shape index (κ1) is 13.6. The van der Waals surface area contributed by atoms with Crippen LogP contribution in [0.4, 0.5) is 8.78 Å². The maximum atomic E-state index is 13.8. The molecule has 1 heterocycles. The minimum atomic E-state index is -0.819. The maximum absolute atomic E-state index is 13.8. The summed E-state index contributed by atoms with van der Waals surface area (Å²) >= 11 is 6.14. The zero-order valence-electron chi connectivity index (χ0n) is 10.3. The molecule has 5 heteroatoms. The molecule has 0 amide bonds. The second kappa shape index (κ2) is 5.41. The third-order valence-corrected chi connectivity index (χ3v) is 3.65. The minimum absolute atomic E-state index is 0.0839. The normalized spacial score (nSPS) is 25.2. The maximum Gasteiger partial charge on any atom is 0.134 e. The Hall–Kier alpha value is -0.870. The van der Waals surface area contributed by atoms with Gasteiger partial charge in [-0.3, -0.25) is 0 Å². The largest absolute Gasteiger partial charge is 0.497 e. The summed E-state index contributed by atoms with van der Waals surface area (Å²) in [6.07, 6.45) is 1.30. The van der Waals surface area contributed by atoms with Crippen LogP contribution in [0.15, 0.2) is 12.1 Å². The van der Waals surface area contributed by atoms with E-state index in [1.165, 1.54) is 7.11 Å². The van der Waals surface area contributed by atoms with Crippen molar-refractivity contribution in [1.29, 1.82) is 0 Å². The molecule has 0 spiro atoms. The van der Waals surface area contributed by atoms with Gasteiger partial charge in [-0.2, -0.15) is 0 Å². The summed E-state index contributed by atoms with van der Waals surface area (Å²) in [5.41, 5.74) is -0.142. The van der Waals surface area contributed by atoms with Crippen molar-refractivity contribution in [2.45, 2.75) is 37.4 Å². The van der Waals surface area contributed by atoms with Gasteiger partial charge in [0, 0.05) is 17.7 Å². The third-order valence-electron chi connectivity index (χ3n) is 3.16. The summed E-state index contributed by atoms with van der Waals surface area (Å²) in [7, 11) is 1.35. The average Bonchev–Trinajstić information content (AvgIpc) is 2.74. The Morgan fingerprint density at radius 3 is 2.39 bits per heavy atom. The number of hydrogen-bond acceptors (Lipinski definition) is 2. The molecule has 0 aromatic heterocycles. The first-order valence-corrected chi connectivity index (χ1v) is 6.29. The van der Waals surface area contributed by atoms with Crippen molar-refractivity contribution in [3.05, 3.63) is 29.3 Å². The topological polar surface area (TPSA) is 18.5 Å². The molecule has 0 bridgehead atoms. The number of alkyl halides is 1. The Morgan fingerprint density at radius 1 is 1.33 bits per heavy atom. The predicted molar refractivity (Wildman–Crippen MR) is 65.1 cm³/mol. The fourth-order valence-corrected chi connectivity index (χ4v) is 2.57. The van der Waals surface area contributed by atoms with Crippen LogP contribution in [0, 0.1) is 11.6 Å². The number of ether oxygens (including phenoxy) is 2. The van der Waals surface area contributed by atoms with Crippen molar-refractivity contribution in [2.75, 3.05) is 7.11 Å². The minimum Gasteiger partial charge on any atom is -0.497 e. The Morgan fingerprint density at radius 2 is 1.94 bits per heavy atom. The van der Waals surface area contributed by atoms with Crippen LogP contribution >= 0.6 is 11.6 Å². The Balaban J connectivity index is 2.27. The van der Waals surface area contributed by atoms with Gasteiger partial charge in [0.05, 0.1) is 24.7 Å². The molecular formula is C13H15ClF2O2. The summed E-state index contributed by atoms with van der Waals surface area (Å²) in [6.45, 7) is 1.92. The second-order valence-electron chi connectivity index (χ2n) is 4.47. The van der Waals surface area contributed by atoms with E-state index in [-0.39, 0.29) is 23.5 Å². The summed E-state index contributed by atoms with van der Waals surface area (Å²) in [5.74, 6) is -1.26. The summed E-state index contributed by atoms with van der Waals surface area (Å²) in [6, 6.07) is 2.26. The van der Waals surface area contributed by atoms with Crippen molar-refractivity contribution < 1.29 is 18.3 Å². The van der Waals surface area contributed by atoms with E-state index in [9.17, 15) is 8.78 Å². The molecule has 18 heavy (non-hydrogen) atoms. The summed E-state index contributed by atoms with van der Waals surface area (Å²) in [5, 5.41) is -0.819. The van der Waals surface area contributed by atoms with E-state index in [2.05, 4.69) is 0 Å². The highest BCUT2D eigenvalue weighted by atomic mass is 35.5. The standard InChI is InChI=1S/C13H15ClF2O2/c1-7-3-4-11(18-7)13(14)12-9(15)5-8(17-2)6-10(12)16/h5-7,11,13H,3-4H2,1-2H3.